The molecule has 0 spiro atoms. The second-order valence-corrected chi connectivity index (χ2v) is 2.89. The Kier molecular flexibility index (Phi) is 5.31. The number of hydrogen-bond donors (Lipinski definition) is 0. The van der Waals surface area contributed by atoms with Crippen LogP contribution in [0, 0.1) is 0 Å². The average Bonchev–Trinajstić information content (AvgIpc) is 2.33. The van der Waals surface area contributed by atoms with Crippen LogP contribution in [-0.2, 0) is 9.47 Å². The van der Waals surface area contributed by atoms with Crippen LogP contribution in [0.4, 0.5) is 0 Å². The molecule has 0 aliphatic heterocycles. The van der Waals surface area contributed by atoms with Crippen LogP contribution in [0.25, 0.3) is 0 Å². The molecule has 0 atom stereocenters. The van der Waals surface area contributed by atoms with Gasteiger partial charge in [0.2, 0.25) is 0 Å². The van der Waals surface area contributed by atoms with Crippen LogP contribution in [-0.4, -0.2) is 34.1 Å². The van der Waals surface area contributed by atoms with E-state index in [-0.39, 0.29) is 13.6 Å². The molecule has 0 saturated carbocycles. The standard InChI is InChI=1S/C11H14O5/c1-13-7-15-10-4-3-5-11(9(10)6-12)16-8-14-2/h3-6H,7-8H2,1-2H3. The molecule has 0 heterocycles. The number of aldehydes is 1. The zero-order valence-electron chi connectivity index (χ0n) is 9.26. The summed E-state index contributed by atoms with van der Waals surface area (Å²) in [7, 11) is 3.01. The van der Waals surface area contributed by atoms with E-state index in [0.717, 1.165) is 0 Å². The fourth-order valence-electron chi connectivity index (χ4n) is 1.14. The Bertz CT molecular complexity index is 311. The number of carbonyl (C=O) groups is 1. The lowest BCUT2D eigenvalue weighted by Crippen LogP contribution is -2.05. The van der Waals surface area contributed by atoms with Crippen molar-refractivity contribution in [2.45, 2.75) is 0 Å². The lowest BCUT2D eigenvalue weighted by atomic mass is 10.2. The molecule has 5 nitrogen and oxygen atoms in total. The van der Waals surface area contributed by atoms with Crippen molar-refractivity contribution in [1.29, 1.82) is 0 Å². The number of hydrogen-bond acceptors (Lipinski definition) is 5. The van der Waals surface area contributed by atoms with E-state index in [9.17, 15) is 4.79 Å². The van der Waals surface area contributed by atoms with Gasteiger partial charge in [-0.05, 0) is 12.1 Å². The van der Waals surface area contributed by atoms with Crippen molar-refractivity contribution >= 4 is 6.29 Å². The Balaban J connectivity index is 2.86. The highest BCUT2D eigenvalue weighted by molar-refractivity contribution is 5.83. The Labute approximate surface area is 93.9 Å². The summed E-state index contributed by atoms with van der Waals surface area (Å²) in [6.07, 6.45) is 0.677. The molecule has 0 radical (unpaired) electrons. The number of benzene rings is 1. The first-order valence-electron chi connectivity index (χ1n) is 4.65. The van der Waals surface area contributed by atoms with E-state index in [2.05, 4.69) is 0 Å². The van der Waals surface area contributed by atoms with Crippen molar-refractivity contribution in [2.75, 3.05) is 27.8 Å². The first kappa shape index (κ1) is 12.5. The monoisotopic (exact) mass is 226 g/mol. The molecule has 16 heavy (non-hydrogen) atoms. The minimum absolute atomic E-state index is 0.0779. The van der Waals surface area contributed by atoms with E-state index in [0.29, 0.717) is 23.3 Å². The predicted octanol–water partition coefficient (Wildman–Crippen LogP) is 1.46. The molecule has 0 amide bonds. The van der Waals surface area contributed by atoms with E-state index < -0.39 is 0 Å². The number of ether oxygens (including phenoxy) is 4. The minimum Gasteiger partial charge on any atom is -0.467 e. The van der Waals surface area contributed by atoms with E-state index >= 15 is 0 Å². The number of methoxy groups -OCH3 is 2. The third kappa shape index (κ3) is 3.22. The van der Waals surface area contributed by atoms with Gasteiger partial charge in [0.1, 0.15) is 11.5 Å². The molecule has 1 aromatic rings. The summed E-state index contributed by atoms with van der Waals surface area (Å²) in [5, 5.41) is 0. The molecule has 0 aliphatic rings. The lowest BCUT2D eigenvalue weighted by molar-refractivity contribution is 0.0450. The van der Waals surface area contributed by atoms with Crippen LogP contribution in [0.2, 0.25) is 0 Å². The zero-order chi connectivity index (χ0) is 11.8. The first-order chi connectivity index (χ1) is 7.83. The van der Waals surface area contributed by atoms with Gasteiger partial charge in [-0.1, -0.05) is 6.07 Å². The fraction of sp³-hybridized carbons (Fsp3) is 0.364. The SMILES string of the molecule is COCOc1cccc(OCOC)c1C=O. The summed E-state index contributed by atoms with van der Waals surface area (Å²) in [6.45, 7) is 0.156. The number of rotatable bonds is 7. The third-order valence-corrected chi connectivity index (χ3v) is 1.81. The molecular formula is C11H14O5. The highest BCUT2D eigenvalue weighted by Gasteiger charge is 2.09. The molecule has 88 valence electrons. The van der Waals surface area contributed by atoms with Crippen LogP contribution in [0.5, 0.6) is 11.5 Å². The molecule has 0 aliphatic carbocycles. The summed E-state index contributed by atoms with van der Waals surface area (Å²) in [5.41, 5.74) is 0.344. The molecule has 0 N–H and O–H groups in total. The van der Waals surface area contributed by atoms with Crippen molar-refractivity contribution < 1.29 is 23.7 Å². The molecule has 0 aromatic heterocycles. The van der Waals surface area contributed by atoms with Crippen molar-refractivity contribution in [2.24, 2.45) is 0 Å². The highest BCUT2D eigenvalue weighted by atomic mass is 16.7. The Morgan fingerprint density at radius 1 is 1.06 bits per heavy atom. The predicted molar refractivity (Wildman–Crippen MR) is 56.8 cm³/mol. The van der Waals surface area contributed by atoms with Gasteiger partial charge < -0.3 is 18.9 Å². The normalized spacial score (nSPS) is 9.88. The van der Waals surface area contributed by atoms with Crippen molar-refractivity contribution in [1.82, 2.24) is 0 Å². The fourth-order valence-corrected chi connectivity index (χ4v) is 1.14. The van der Waals surface area contributed by atoms with Crippen LogP contribution in [0.15, 0.2) is 18.2 Å². The first-order valence-corrected chi connectivity index (χ1v) is 4.65. The Hall–Kier alpha value is -1.59. The second-order valence-electron chi connectivity index (χ2n) is 2.89. The van der Waals surface area contributed by atoms with Gasteiger partial charge in [0, 0.05) is 14.2 Å². The summed E-state index contributed by atoms with van der Waals surface area (Å²) < 4.78 is 20.0. The molecule has 0 bridgehead atoms. The maximum Gasteiger partial charge on any atom is 0.188 e. The largest absolute Gasteiger partial charge is 0.467 e. The lowest BCUT2D eigenvalue weighted by Gasteiger charge is -2.11. The van der Waals surface area contributed by atoms with Gasteiger partial charge in [0.15, 0.2) is 19.9 Å². The van der Waals surface area contributed by atoms with E-state index in [4.69, 9.17) is 18.9 Å². The molecule has 0 fully saturated rings. The molecule has 0 unspecified atom stereocenters. The van der Waals surface area contributed by atoms with E-state index in [1.807, 2.05) is 0 Å². The maximum absolute atomic E-state index is 10.9. The molecular weight excluding hydrogens is 212 g/mol. The second kappa shape index (κ2) is 6.81. The third-order valence-electron chi connectivity index (χ3n) is 1.81. The van der Waals surface area contributed by atoms with Crippen LogP contribution >= 0.6 is 0 Å². The highest BCUT2D eigenvalue weighted by Crippen LogP contribution is 2.26. The zero-order valence-corrected chi connectivity index (χ0v) is 9.26. The topological polar surface area (TPSA) is 54.0 Å². The van der Waals surface area contributed by atoms with Gasteiger partial charge in [-0.25, -0.2) is 0 Å². The van der Waals surface area contributed by atoms with Gasteiger partial charge >= 0.3 is 0 Å². The van der Waals surface area contributed by atoms with E-state index in [1.165, 1.54) is 14.2 Å². The maximum atomic E-state index is 10.9. The summed E-state index contributed by atoms with van der Waals surface area (Å²) in [4.78, 5) is 10.9. The molecule has 5 heteroatoms. The summed E-state index contributed by atoms with van der Waals surface area (Å²) in [6, 6.07) is 5.06. The van der Waals surface area contributed by atoms with Crippen molar-refractivity contribution in [3.63, 3.8) is 0 Å². The smallest absolute Gasteiger partial charge is 0.188 e. The number of carbonyl (C=O) groups excluding carboxylic acids is 1. The van der Waals surface area contributed by atoms with Gasteiger partial charge in [-0.3, -0.25) is 4.79 Å². The average molecular weight is 226 g/mol. The van der Waals surface area contributed by atoms with E-state index in [1.54, 1.807) is 18.2 Å². The van der Waals surface area contributed by atoms with Crippen LogP contribution in [0.1, 0.15) is 10.4 Å². The quantitative estimate of drug-likeness (QED) is 0.520. The van der Waals surface area contributed by atoms with Crippen molar-refractivity contribution in [3.8, 4) is 11.5 Å². The summed E-state index contributed by atoms with van der Waals surface area (Å²) in [5.74, 6) is 0.843. The van der Waals surface area contributed by atoms with Gasteiger partial charge in [0.05, 0.1) is 5.56 Å². The van der Waals surface area contributed by atoms with Crippen LogP contribution in [0.3, 0.4) is 0 Å². The van der Waals surface area contributed by atoms with Crippen LogP contribution < -0.4 is 9.47 Å². The van der Waals surface area contributed by atoms with Crippen molar-refractivity contribution in [3.05, 3.63) is 23.8 Å². The molecule has 1 aromatic carbocycles. The Morgan fingerprint density at radius 3 is 1.94 bits per heavy atom. The summed E-state index contributed by atoms with van der Waals surface area (Å²) >= 11 is 0. The van der Waals surface area contributed by atoms with Gasteiger partial charge in [-0.2, -0.15) is 0 Å². The molecule has 0 saturated heterocycles. The Morgan fingerprint density at radius 2 is 1.56 bits per heavy atom. The van der Waals surface area contributed by atoms with Gasteiger partial charge in [0.25, 0.3) is 0 Å². The molecule has 1 rings (SSSR count). The van der Waals surface area contributed by atoms with Gasteiger partial charge in [-0.15, -0.1) is 0 Å². The minimum atomic E-state index is 0.0779.